The van der Waals surface area contributed by atoms with Crippen molar-refractivity contribution in [2.45, 2.75) is 13.0 Å². The topological polar surface area (TPSA) is 44.5 Å². The summed E-state index contributed by atoms with van der Waals surface area (Å²) in [7, 11) is 0. The van der Waals surface area contributed by atoms with Gasteiger partial charge in [-0.2, -0.15) is 0 Å². The van der Waals surface area contributed by atoms with Crippen LogP contribution in [0.5, 0.6) is 5.75 Å². The number of benzene rings is 1. The normalized spacial score (nSPS) is 12.6. The standard InChI is InChI=1S/C9H11Cl2NO2/c1-6(5-13-12)14-9-3-7(10)2-8(11)4-9/h2-4,6H,5,12H2,1H3. The first-order chi connectivity index (χ1) is 6.61. The van der Waals surface area contributed by atoms with Gasteiger partial charge in [0, 0.05) is 10.0 Å². The van der Waals surface area contributed by atoms with Crippen LogP contribution in [0.15, 0.2) is 18.2 Å². The molecule has 0 aliphatic rings. The molecule has 1 unspecified atom stereocenters. The van der Waals surface area contributed by atoms with Gasteiger partial charge in [-0.3, -0.25) is 0 Å². The Hall–Kier alpha value is -0.480. The lowest BCUT2D eigenvalue weighted by molar-refractivity contribution is 0.0589. The predicted molar refractivity (Wildman–Crippen MR) is 56.7 cm³/mol. The Morgan fingerprint density at radius 3 is 2.36 bits per heavy atom. The van der Waals surface area contributed by atoms with Crippen LogP contribution in [0, 0.1) is 0 Å². The number of hydrogen-bond donors (Lipinski definition) is 1. The van der Waals surface area contributed by atoms with E-state index in [1.807, 2.05) is 6.92 Å². The maximum atomic E-state index is 5.79. The molecule has 0 aliphatic carbocycles. The molecule has 0 heterocycles. The Labute approximate surface area is 92.7 Å². The van der Waals surface area contributed by atoms with Crippen molar-refractivity contribution in [1.82, 2.24) is 0 Å². The van der Waals surface area contributed by atoms with E-state index in [-0.39, 0.29) is 6.10 Å². The van der Waals surface area contributed by atoms with E-state index in [1.165, 1.54) is 0 Å². The van der Waals surface area contributed by atoms with Crippen LogP contribution >= 0.6 is 23.2 Å². The maximum absolute atomic E-state index is 5.79. The molecule has 2 N–H and O–H groups in total. The Morgan fingerprint density at radius 1 is 1.29 bits per heavy atom. The molecule has 5 heteroatoms. The molecule has 0 spiro atoms. The number of nitrogens with two attached hydrogens (primary N) is 1. The minimum Gasteiger partial charge on any atom is -0.488 e. The molecular formula is C9H11Cl2NO2. The smallest absolute Gasteiger partial charge is 0.122 e. The van der Waals surface area contributed by atoms with Gasteiger partial charge < -0.3 is 9.57 Å². The highest BCUT2D eigenvalue weighted by molar-refractivity contribution is 6.34. The van der Waals surface area contributed by atoms with Crippen LogP contribution in [0.4, 0.5) is 0 Å². The van der Waals surface area contributed by atoms with Gasteiger partial charge in [-0.05, 0) is 25.1 Å². The largest absolute Gasteiger partial charge is 0.488 e. The highest BCUT2D eigenvalue weighted by Gasteiger charge is 2.05. The van der Waals surface area contributed by atoms with Gasteiger partial charge in [-0.15, -0.1) is 0 Å². The average Bonchev–Trinajstić information content (AvgIpc) is 2.01. The summed E-state index contributed by atoms with van der Waals surface area (Å²) in [5.41, 5.74) is 0. The fraction of sp³-hybridized carbons (Fsp3) is 0.333. The first-order valence-electron chi connectivity index (χ1n) is 4.06. The SMILES string of the molecule is CC(CON)Oc1cc(Cl)cc(Cl)c1. The van der Waals surface area contributed by atoms with Crippen molar-refractivity contribution in [2.75, 3.05) is 6.61 Å². The summed E-state index contributed by atoms with van der Waals surface area (Å²) in [6.45, 7) is 2.14. The molecule has 0 radical (unpaired) electrons. The second-order valence-electron chi connectivity index (χ2n) is 2.87. The van der Waals surface area contributed by atoms with Crippen LogP contribution in [0.25, 0.3) is 0 Å². The average molecular weight is 236 g/mol. The number of hydrogen-bond acceptors (Lipinski definition) is 3. The fourth-order valence-corrected chi connectivity index (χ4v) is 1.50. The minimum absolute atomic E-state index is 0.144. The molecule has 0 saturated heterocycles. The van der Waals surface area contributed by atoms with Crippen LogP contribution in [0.2, 0.25) is 10.0 Å². The summed E-state index contributed by atoms with van der Waals surface area (Å²) in [6, 6.07) is 5.00. The monoisotopic (exact) mass is 235 g/mol. The maximum Gasteiger partial charge on any atom is 0.122 e. The Balaban J connectivity index is 2.66. The van der Waals surface area contributed by atoms with E-state index in [2.05, 4.69) is 4.84 Å². The molecule has 0 saturated carbocycles. The van der Waals surface area contributed by atoms with Crippen LogP contribution in [-0.2, 0) is 4.84 Å². The molecule has 3 nitrogen and oxygen atoms in total. The van der Waals surface area contributed by atoms with Crippen LogP contribution in [-0.4, -0.2) is 12.7 Å². The zero-order valence-electron chi connectivity index (χ0n) is 7.67. The van der Waals surface area contributed by atoms with E-state index in [0.717, 1.165) is 0 Å². The van der Waals surface area contributed by atoms with Gasteiger partial charge in [0.25, 0.3) is 0 Å². The Bertz CT molecular complexity index is 287. The lowest BCUT2D eigenvalue weighted by atomic mass is 10.3. The third kappa shape index (κ3) is 3.72. The quantitative estimate of drug-likeness (QED) is 0.817. The van der Waals surface area contributed by atoms with Crippen molar-refractivity contribution in [3.63, 3.8) is 0 Å². The number of halogens is 2. The molecule has 0 amide bonds. The van der Waals surface area contributed by atoms with E-state index in [0.29, 0.717) is 22.4 Å². The fourth-order valence-electron chi connectivity index (χ4n) is 0.998. The van der Waals surface area contributed by atoms with Gasteiger partial charge in [0.1, 0.15) is 18.5 Å². The summed E-state index contributed by atoms with van der Waals surface area (Å²) < 4.78 is 5.44. The molecule has 1 atom stereocenters. The van der Waals surface area contributed by atoms with Crippen molar-refractivity contribution < 1.29 is 9.57 Å². The zero-order valence-corrected chi connectivity index (χ0v) is 9.18. The number of rotatable bonds is 4. The van der Waals surface area contributed by atoms with Gasteiger partial charge in [0.05, 0.1) is 0 Å². The molecule has 1 aromatic carbocycles. The van der Waals surface area contributed by atoms with E-state index >= 15 is 0 Å². The highest BCUT2D eigenvalue weighted by Crippen LogP contribution is 2.24. The molecule has 14 heavy (non-hydrogen) atoms. The number of ether oxygens (including phenoxy) is 1. The summed E-state index contributed by atoms with van der Waals surface area (Å²) in [4.78, 5) is 4.45. The first kappa shape index (κ1) is 11.6. The van der Waals surface area contributed by atoms with Gasteiger partial charge in [-0.1, -0.05) is 23.2 Å². The molecule has 1 aromatic rings. The Kier molecular flexibility index (Phi) is 4.48. The lowest BCUT2D eigenvalue weighted by Gasteiger charge is -2.13. The molecule has 78 valence electrons. The molecule has 0 bridgehead atoms. The van der Waals surface area contributed by atoms with Gasteiger partial charge >= 0.3 is 0 Å². The summed E-state index contributed by atoms with van der Waals surface area (Å²) in [5.74, 6) is 5.51. The molecule has 0 fully saturated rings. The minimum atomic E-state index is -0.144. The van der Waals surface area contributed by atoms with E-state index in [1.54, 1.807) is 18.2 Å². The second kappa shape index (κ2) is 5.41. The van der Waals surface area contributed by atoms with E-state index < -0.39 is 0 Å². The van der Waals surface area contributed by atoms with Gasteiger partial charge in [0.2, 0.25) is 0 Å². The second-order valence-corrected chi connectivity index (χ2v) is 3.74. The molecule has 0 aliphatic heterocycles. The molecular weight excluding hydrogens is 225 g/mol. The van der Waals surface area contributed by atoms with Gasteiger partial charge in [0.15, 0.2) is 0 Å². The lowest BCUT2D eigenvalue weighted by Crippen LogP contribution is -2.21. The van der Waals surface area contributed by atoms with Crippen molar-refractivity contribution in [3.8, 4) is 5.75 Å². The first-order valence-corrected chi connectivity index (χ1v) is 4.82. The van der Waals surface area contributed by atoms with Crippen molar-refractivity contribution in [2.24, 2.45) is 5.90 Å². The summed E-state index contributed by atoms with van der Waals surface area (Å²) in [5, 5.41) is 1.07. The zero-order chi connectivity index (χ0) is 10.6. The summed E-state index contributed by atoms with van der Waals surface area (Å²) in [6.07, 6.45) is -0.144. The van der Waals surface area contributed by atoms with Crippen LogP contribution < -0.4 is 10.6 Å². The van der Waals surface area contributed by atoms with Crippen LogP contribution in [0.1, 0.15) is 6.92 Å². The van der Waals surface area contributed by atoms with Crippen molar-refractivity contribution in [1.29, 1.82) is 0 Å². The molecule has 1 rings (SSSR count). The summed E-state index contributed by atoms with van der Waals surface area (Å²) >= 11 is 11.6. The van der Waals surface area contributed by atoms with Gasteiger partial charge in [-0.25, -0.2) is 5.90 Å². The van der Waals surface area contributed by atoms with E-state index in [4.69, 9.17) is 33.8 Å². The third-order valence-electron chi connectivity index (χ3n) is 1.50. The Morgan fingerprint density at radius 2 is 1.86 bits per heavy atom. The van der Waals surface area contributed by atoms with Crippen LogP contribution in [0.3, 0.4) is 0 Å². The third-order valence-corrected chi connectivity index (χ3v) is 1.94. The highest BCUT2D eigenvalue weighted by atomic mass is 35.5. The molecule has 0 aromatic heterocycles. The predicted octanol–water partition coefficient (Wildman–Crippen LogP) is 2.65. The van der Waals surface area contributed by atoms with E-state index in [9.17, 15) is 0 Å². The van der Waals surface area contributed by atoms with Crippen molar-refractivity contribution >= 4 is 23.2 Å². The van der Waals surface area contributed by atoms with Crippen molar-refractivity contribution in [3.05, 3.63) is 28.2 Å².